The molecule has 2 aromatic heterocycles. The Labute approximate surface area is 161 Å². The van der Waals surface area contributed by atoms with Crippen LogP contribution in [-0.4, -0.2) is 46.6 Å². The second-order valence-electron chi connectivity index (χ2n) is 4.91. The van der Waals surface area contributed by atoms with Crippen LogP contribution in [0, 0.1) is 0 Å². The molecule has 0 fully saturated rings. The Morgan fingerprint density at radius 2 is 1.23 bits per heavy atom. The number of thioether (sulfide) groups is 2. The van der Waals surface area contributed by atoms with Crippen molar-refractivity contribution in [2.24, 2.45) is 0 Å². The van der Waals surface area contributed by atoms with Crippen molar-refractivity contribution in [1.29, 1.82) is 0 Å². The maximum Gasteiger partial charge on any atom is 0.316 e. The molecule has 2 rings (SSSR count). The highest BCUT2D eigenvalue weighted by molar-refractivity contribution is 8.00. The molecule has 0 unspecified atom stereocenters. The van der Waals surface area contributed by atoms with E-state index in [4.69, 9.17) is 9.47 Å². The third-order valence-corrected chi connectivity index (χ3v) is 4.80. The minimum Gasteiger partial charge on any atom is -0.465 e. The van der Waals surface area contributed by atoms with E-state index in [0.29, 0.717) is 24.6 Å². The fraction of sp³-hybridized carbons (Fsp3) is 0.333. The van der Waals surface area contributed by atoms with Gasteiger partial charge in [0.15, 0.2) is 0 Å². The summed E-state index contributed by atoms with van der Waals surface area (Å²) >= 11 is 2.64. The standard InChI is InChI=1S/C18H20N2O4S2/c1-3-23-17(21)11-25-15-9-5-7-13(19-15)14-8-6-10-16(20-14)26-12-18(22)24-4-2/h5-10H,3-4,11-12H2,1-2H3. The lowest BCUT2D eigenvalue weighted by molar-refractivity contribution is -0.140. The van der Waals surface area contributed by atoms with Gasteiger partial charge in [-0.15, -0.1) is 0 Å². The van der Waals surface area contributed by atoms with Crippen molar-refractivity contribution < 1.29 is 19.1 Å². The largest absolute Gasteiger partial charge is 0.465 e. The first kappa shape index (κ1) is 20.3. The molecule has 0 saturated carbocycles. The van der Waals surface area contributed by atoms with E-state index in [1.54, 1.807) is 13.8 Å². The van der Waals surface area contributed by atoms with Crippen molar-refractivity contribution in [1.82, 2.24) is 9.97 Å². The summed E-state index contributed by atoms with van der Waals surface area (Å²) in [6.45, 7) is 4.29. The highest BCUT2D eigenvalue weighted by atomic mass is 32.2. The van der Waals surface area contributed by atoms with Gasteiger partial charge >= 0.3 is 11.9 Å². The number of aromatic nitrogens is 2. The Balaban J connectivity index is 2.04. The molecule has 0 atom stereocenters. The number of carbonyl (C=O) groups is 2. The van der Waals surface area contributed by atoms with Crippen LogP contribution in [0.2, 0.25) is 0 Å². The molecule has 26 heavy (non-hydrogen) atoms. The molecule has 0 aromatic carbocycles. The highest BCUT2D eigenvalue weighted by Crippen LogP contribution is 2.23. The molecule has 0 amide bonds. The first-order valence-corrected chi connectivity index (χ1v) is 10.1. The predicted octanol–water partition coefficient (Wildman–Crippen LogP) is 3.45. The van der Waals surface area contributed by atoms with Gasteiger partial charge in [-0.2, -0.15) is 0 Å². The SMILES string of the molecule is CCOC(=O)CSc1cccc(-c2cccc(SCC(=O)OCC)n2)n1. The summed E-state index contributed by atoms with van der Waals surface area (Å²) in [5, 5.41) is 1.45. The van der Waals surface area contributed by atoms with Crippen LogP contribution < -0.4 is 0 Å². The Hall–Kier alpha value is -2.06. The monoisotopic (exact) mass is 392 g/mol. The lowest BCUT2D eigenvalue weighted by atomic mass is 10.2. The topological polar surface area (TPSA) is 78.4 Å². The van der Waals surface area contributed by atoms with Crippen molar-refractivity contribution in [3.8, 4) is 11.4 Å². The third kappa shape index (κ3) is 6.68. The van der Waals surface area contributed by atoms with Crippen molar-refractivity contribution in [3.05, 3.63) is 36.4 Å². The molecular weight excluding hydrogens is 372 g/mol. The van der Waals surface area contributed by atoms with Gasteiger partial charge in [0.2, 0.25) is 0 Å². The van der Waals surface area contributed by atoms with Crippen LogP contribution in [0.1, 0.15) is 13.8 Å². The van der Waals surface area contributed by atoms with E-state index in [1.165, 1.54) is 23.5 Å². The molecule has 0 N–H and O–H groups in total. The zero-order valence-corrected chi connectivity index (χ0v) is 16.3. The maximum atomic E-state index is 11.5. The molecule has 0 aliphatic carbocycles. The average molecular weight is 393 g/mol. The van der Waals surface area contributed by atoms with E-state index < -0.39 is 0 Å². The molecular formula is C18H20N2O4S2. The van der Waals surface area contributed by atoms with E-state index in [9.17, 15) is 9.59 Å². The van der Waals surface area contributed by atoms with E-state index >= 15 is 0 Å². The number of pyridine rings is 2. The van der Waals surface area contributed by atoms with Crippen LogP contribution in [0.15, 0.2) is 46.5 Å². The van der Waals surface area contributed by atoms with Crippen LogP contribution in [0.3, 0.4) is 0 Å². The van der Waals surface area contributed by atoms with E-state index in [-0.39, 0.29) is 23.4 Å². The Morgan fingerprint density at radius 1 is 0.808 bits per heavy atom. The van der Waals surface area contributed by atoms with Gasteiger partial charge in [-0.25, -0.2) is 9.97 Å². The number of rotatable bonds is 9. The molecule has 0 aliphatic heterocycles. The molecule has 8 heteroatoms. The van der Waals surface area contributed by atoms with Gasteiger partial charge in [0, 0.05) is 0 Å². The summed E-state index contributed by atoms with van der Waals surface area (Å²) in [6, 6.07) is 11.1. The predicted molar refractivity (Wildman–Crippen MR) is 102 cm³/mol. The second kappa shape index (κ2) is 10.8. The smallest absolute Gasteiger partial charge is 0.316 e. The van der Waals surface area contributed by atoms with Crippen molar-refractivity contribution in [2.75, 3.05) is 24.7 Å². The molecule has 0 radical (unpaired) electrons. The minimum atomic E-state index is -0.264. The van der Waals surface area contributed by atoms with Crippen molar-refractivity contribution in [2.45, 2.75) is 23.9 Å². The zero-order valence-electron chi connectivity index (χ0n) is 14.6. The molecule has 0 spiro atoms. The van der Waals surface area contributed by atoms with Gasteiger partial charge in [-0.05, 0) is 38.1 Å². The summed E-state index contributed by atoms with van der Waals surface area (Å²) in [6.07, 6.45) is 0. The first-order chi connectivity index (χ1) is 12.6. The van der Waals surface area contributed by atoms with Crippen LogP contribution in [-0.2, 0) is 19.1 Å². The highest BCUT2D eigenvalue weighted by Gasteiger charge is 2.09. The molecule has 6 nitrogen and oxygen atoms in total. The second-order valence-corrected chi connectivity index (χ2v) is 6.90. The molecule has 0 saturated heterocycles. The minimum absolute atomic E-state index is 0.215. The number of esters is 2. The van der Waals surface area contributed by atoms with Gasteiger partial charge < -0.3 is 9.47 Å². The zero-order chi connectivity index (χ0) is 18.8. The Bertz CT molecular complexity index is 692. The molecule has 0 bridgehead atoms. The molecule has 2 aromatic rings. The third-order valence-electron chi connectivity index (χ3n) is 3.00. The van der Waals surface area contributed by atoms with Crippen molar-refractivity contribution in [3.63, 3.8) is 0 Å². The molecule has 138 valence electrons. The number of hydrogen-bond donors (Lipinski definition) is 0. The fourth-order valence-corrected chi connectivity index (χ4v) is 3.32. The van der Waals surface area contributed by atoms with Crippen LogP contribution in [0.5, 0.6) is 0 Å². The first-order valence-electron chi connectivity index (χ1n) is 8.13. The van der Waals surface area contributed by atoms with Crippen LogP contribution >= 0.6 is 23.5 Å². The quantitative estimate of drug-likeness (QED) is 0.474. The fourth-order valence-electron chi connectivity index (χ4n) is 1.95. The maximum absolute atomic E-state index is 11.5. The lowest BCUT2D eigenvalue weighted by Crippen LogP contribution is -2.07. The van der Waals surface area contributed by atoms with Gasteiger partial charge in [0.05, 0.1) is 46.2 Å². The summed E-state index contributed by atoms with van der Waals surface area (Å²) in [5.74, 6) is -0.0966. The number of ether oxygens (including phenoxy) is 2. The van der Waals surface area contributed by atoms with Gasteiger partial charge in [-0.1, -0.05) is 35.7 Å². The lowest BCUT2D eigenvalue weighted by Gasteiger charge is -2.06. The van der Waals surface area contributed by atoms with Gasteiger partial charge in [0.1, 0.15) is 0 Å². The van der Waals surface area contributed by atoms with E-state index in [0.717, 1.165) is 10.1 Å². The van der Waals surface area contributed by atoms with Crippen LogP contribution in [0.4, 0.5) is 0 Å². The van der Waals surface area contributed by atoms with E-state index in [1.807, 2.05) is 36.4 Å². The summed E-state index contributed by atoms with van der Waals surface area (Å²) in [5.41, 5.74) is 1.41. The van der Waals surface area contributed by atoms with E-state index in [2.05, 4.69) is 9.97 Å². The van der Waals surface area contributed by atoms with Crippen molar-refractivity contribution >= 4 is 35.5 Å². The Kier molecular flexibility index (Phi) is 8.43. The molecule has 0 aliphatic rings. The number of hydrogen-bond acceptors (Lipinski definition) is 8. The van der Waals surface area contributed by atoms with Crippen LogP contribution in [0.25, 0.3) is 11.4 Å². The number of carbonyl (C=O) groups excluding carboxylic acids is 2. The summed E-state index contributed by atoms with van der Waals surface area (Å²) in [4.78, 5) is 32.0. The normalized spacial score (nSPS) is 10.4. The number of nitrogens with zero attached hydrogens (tertiary/aromatic N) is 2. The van der Waals surface area contributed by atoms with Gasteiger partial charge in [-0.3, -0.25) is 9.59 Å². The Morgan fingerprint density at radius 3 is 1.62 bits per heavy atom. The molecule has 2 heterocycles. The average Bonchev–Trinajstić information content (AvgIpc) is 2.66. The van der Waals surface area contributed by atoms with Gasteiger partial charge in [0.25, 0.3) is 0 Å². The summed E-state index contributed by atoms with van der Waals surface area (Å²) in [7, 11) is 0. The summed E-state index contributed by atoms with van der Waals surface area (Å²) < 4.78 is 9.83.